The van der Waals surface area contributed by atoms with Crippen LogP contribution in [0, 0.1) is 0 Å². The smallest absolute Gasteiger partial charge is 0.118 e. The van der Waals surface area contributed by atoms with Gasteiger partial charge in [0.15, 0.2) is 0 Å². The summed E-state index contributed by atoms with van der Waals surface area (Å²) in [6, 6.07) is 2.66. The van der Waals surface area contributed by atoms with Gasteiger partial charge in [-0.2, -0.15) is 0 Å². The maximum atomic E-state index is 5.68. The zero-order chi connectivity index (χ0) is 14.6. The summed E-state index contributed by atoms with van der Waals surface area (Å²) in [7, 11) is 1.81. The van der Waals surface area contributed by atoms with Gasteiger partial charge < -0.3 is 14.5 Å². The van der Waals surface area contributed by atoms with E-state index in [0.29, 0.717) is 6.04 Å². The highest BCUT2D eigenvalue weighted by Crippen LogP contribution is 2.25. The molecule has 0 amide bonds. The van der Waals surface area contributed by atoms with E-state index < -0.39 is 0 Å². The minimum atomic E-state index is -0.00707. The minimum absolute atomic E-state index is 0.00707. The Kier molecular flexibility index (Phi) is 5.24. The van der Waals surface area contributed by atoms with Crippen LogP contribution in [0.1, 0.15) is 44.9 Å². The summed E-state index contributed by atoms with van der Waals surface area (Å²) in [6.45, 7) is 10.3. The van der Waals surface area contributed by atoms with Crippen molar-refractivity contribution in [3.05, 3.63) is 23.7 Å². The van der Waals surface area contributed by atoms with Crippen LogP contribution < -0.4 is 5.32 Å². The van der Waals surface area contributed by atoms with Gasteiger partial charge in [-0.1, -0.05) is 13.8 Å². The topological polar surface area (TPSA) is 37.6 Å². The molecule has 4 heteroatoms. The molecule has 0 bridgehead atoms. The van der Waals surface area contributed by atoms with E-state index in [4.69, 9.17) is 9.15 Å². The predicted molar refractivity (Wildman–Crippen MR) is 80.6 cm³/mol. The molecule has 0 spiro atoms. The highest BCUT2D eigenvalue weighted by atomic mass is 16.5. The van der Waals surface area contributed by atoms with Crippen molar-refractivity contribution in [2.75, 3.05) is 20.2 Å². The number of furan rings is 1. The van der Waals surface area contributed by atoms with Crippen molar-refractivity contribution >= 4 is 0 Å². The Labute approximate surface area is 122 Å². The first-order valence-corrected chi connectivity index (χ1v) is 7.58. The number of nitrogens with zero attached hydrogens (tertiary/aromatic N) is 1. The van der Waals surface area contributed by atoms with Crippen LogP contribution in [0.4, 0.5) is 0 Å². The summed E-state index contributed by atoms with van der Waals surface area (Å²) in [5.74, 6) is 1.05. The Morgan fingerprint density at radius 2 is 2.30 bits per heavy atom. The second kappa shape index (κ2) is 6.74. The van der Waals surface area contributed by atoms with Gasteiger partial charge in [0.25, 0.3) is 0 Å². The fourth-order valence-corrected chi connectivity index (χ4v) is 2.75. The normalized spacial score (nSPS) is 24.4. The van der Waals surface area contributed by atoms with E-state index >= 15 is 0 Å². The molecule has 0 saturated carbocycles. The van der Waals surface area contributed by atoms with E-state index in [1.54, 1.807) is 0 Å². The fraction of sp³-hybridized carbons (Fsp3) is 0.750. The largest absolute Gasteiger partial charge is 0.468 e. The molecule has 2 heterocycles. The average Bonchev–Trinajstić information content (AvgIpc) is 2.84. The van der Waals surface area contributed by atoms with Crippen LogP contribution in [0.15, 0.2) is 16.7 Å². The molecule has 1 unspecified atom stereocenters. The highest BCUT2D eigenvalue weighted by molar-refractivity contribution is 5.13. The molecular weight excluding hydrogens is 252 g/mol. The number of methoxy groups -OCH3 is 1. The van der Waals surface area contributed by atoms with Crippen molar-refractivity contribution < 1.29 is 9.15 Å². The van der Waals surface area contributed by atoms with Crippen LogP contribution >= 0.6 is 0 Å². The number of piperidine rings is 1. The van der Waals surface area contributed by atoms with Gasteiger partial charge in [0, 0.05) is 31.8 Å². The molecular formula is C16H28N2O2. The number of hydrogen-bond donors (Lipinski definition) is 1. The van der Waals surface area contributed by atoms with E-state index in [1.807, 2.05) is 13.4 Å². The number of rotatable bonds is 6. The quantitative estimate of drug-likeness (QED) is 0.869. The van der Waals surface area contributed by atoms with Gasteiger partial charge in [-0.3, -0.25) is 4.90 Å². The van der Waals surface area contributed by atoms with Crippen LogP contribution in [0.5, 0.6) is 0 Å². The van der Waals surface area contributed by atoms with Crippen LogP contribution in [0.25, 0.3) is 0 Å². The number of nitrogens with one attached hydrogen (secondary N) is 1. The van der Waals surface area contributed by atoms with Gasteiger partial charge in [-0.05, 0) is 32.4 Å². The number of ether oxygens (including phenoxy) is 1. The number of likely N-dealkylation sites (tertiary alicyclic amines) is 1. The molecule has 1 saturated heterocycles. The Morgan fingerprint density at radius 3 is 3.00 bits per heavy atom. The van der Waals surface area contributed by atoms with Crippen molar-refractivity contribution in [3.63, 3.8) is 0 Å². The van der Waals surface area contributed by atoms with Crippen molar-refractivity contribution in [3.8, 4) is 0 Å². The lowest BCUT2D eigenvalue weighted by Crippen LogP contribution is -2.46. The summed E-state index contributed by atoms with van der Waals surface area (Å²) in [5, 5.41) is 3.41. The molecule has 1 fully saturated rings. The molecule has 0 aromatic carbocycles. The van der Waals surface area contributed by atoms with Crippen LogP contribution in [0.3, 0.4) is 0 Å². The molecule has 114 valence electrons. The molecule has 1 aromatic heterocycles. The van der Waals surface area contributed by atoms with Crippen molar-refractivity contribution in [1.29, 1.82) is 0 Å². The Balaban J connectivity index is 1.87. The summed E-state index contributed by atoms with van der Waals surface area (Å²) in [6.07, 6.45) is 4.19. The van der Waals surface area contributed by atoms with E-state index in [2.05, 4.69) is 37.1 Å². The van der Waals surface area contributed by atoms with E-state index in [1.165, 1.54) is 12.0 Å². The third-order valence-corrected chi connectivity index (χ3v) is 4.03. The monoisotopic (exact) mass is 280 g/mol. The first-order valence-electron chi connectivity index (χ1n) is 7.58. The first kappa shape index (κ1) is 15.5. The molecule has 20 heavy (non-hydrogen) atoms. The standard InChI is InChI=1S/C16H28N2O2/c1-13(2)17-9-14-8-15(20-11-14)10-18-7-5-6-16(3,12-18)19-4/h8,11,13,17H,5-7,9-10,12H2,1-4H3. The molecule has 2 rings (SSSR count). The highest BCUT2D eigenvalue weighted by Gasteiger charge is 2.30. The van der Waals surface area contributed by atoms with Crippen molar-refractivity contribution in [1.82, 2.24) is 10.2 Å². The minimum Gasteiger partial charge on any atom is -0.468 e. The summed E-state index contributed by atoms with van der Waals surface area (Å²) < 4.78 is 11.3. The molecule has 0 aliphatic carbocycles. The fourth-order valence-electron chi connectivity index (χ4n) is 2.75. The van der Waals surface area contributed by atoms with Crippen molar-refractivity contribution in [2.24, 2.45) is 0 Å². The molecule has 1 aliphatic rings. The Morgan fingerprint density at radius 1 is 1.50 bits per heavy atom. The Hall–Kier alpha value is -0.840. The SMILES string of the molecule is COC1(C)CCCN(Cc2cc(CNC(C)C)co2)C1. The van der Waals surface area contributed by atoms with E-state index in [-0.39, 0.29) is 5.60 Å². The van der Waals surface area contributed by atoms with Gasteiger partial charge in [-0.15, -0.1) is 0 Å². The van der Waals surface area contributed by atoms with Gasteiger partial charge in [0.1, 0.15) is 5.76 Å². The number of hydrogen-bond acceptors (Lipinski definition) is 4. The van der Waals surface area contributed by atoms with Crippen molar-refractivity contribution in [2.45, 2.75) is 58.3 Å². The van der Waals surface area contributed by atoms with Gasteiger partial charge in [0.2, 0.25) is 0 Å². The Bertz CT molecular complexity index is 416. The summed E-state index contributed by atoms with van der Waals surface area (Å²) >= 11 is 0. The van der Waals surface area contributed by atoms with E-state index in [0.717, 1.165) is 38.4 Å². The van der Waals surface area contributed by atoms with E-state index in [9.17, 15) is 0 Å². The molecule has 1 atom stereocenters. The first-order chi connectivity index (χ1) is 9.50. The molecule has 4 nitrogen and oxygen atoms in total. The lowest BCUT2D eigenvalue weighted by Gasteiger charge is -2.39. The zero-order valence-electron chi connectivity index (χ0n) is 13.2. The molecule has 0 radical (unpaired) electrons. The van der Waals surface area contributed by atoms with Crippen LogP contribution in [-0.2, 0) is 17.8 Å². The van der Waals surface area contributed by atoms with Gasteiger partial charge >= 0.3 is 0 Å². The van der Waals surface area contributed by atoms with Crippen LogP contribution in [-0.4, -0.2) is 36.7 Å². The molecule has 1 N–H and O–H groups in total. The summed E-state index contributed by atoms with van der Waals surface area (Å²) in [5.41, 5.74) is 1.22. The molecule has 1 aliphatic heterocycles. The molecule has 1 aromatic rings. The van der Waals surface area contributed by atoms with Crippen LogP contribution in [0.2, 0.25) is 0 Å². The average molecular weight is 280 g/mol. The second-order valence-corrected chi connectivity index (χ2v) is 6.43. The maximum Gasteiger partial charge on any atom is 0.118 e. The second-order valence-electron chi connectivity index (χ2n) is 6.43. The third-order valence-electron chi connectivity index (χ3n) is 4.03. The van der Waals surface area contributed by atoms with Gasteiger partial charge in [0.05, 0.1) is 18.4 Å². The predicted octanol–water partition coefficient (Wildman–Crippen LogP) is 2.78. The zero-order valence-corrected chi connectivity index (χ0v) is 13.2. The lowest BCUT2D eigenvalue weighted by atomic mass is 9.95. The van der Waals surface area contributed by atoms with Gasteiger partial charge in [-0.25, -0.2) is 0 Å². The third kappa shape index (κ3) is 4.33. The maximum absolute atomic E-state index is 5.68. The summed E-state index contributed by atoms with van der Waals surface area (Å²) in [4.78, 5) is 2.42. The lowest BCUT2D eigenvalue weighted by molar-refractivity contribution is -0.0538.